The molecule has 84 valence electrons. The van der Waals surface area contributed by atoms with Gasteiger partial charge in [0.1, 0.15) is 0 Å². The van der Waals surface area contributed by atoms with Crippen LogP contribution in [-0.2, 0) is 0 Å². The predicted molar refractivity (Wildman–Crippen MR) is 71.0 cm³/mol. The first-order valence-corrected chi connectivity index (χ1v) is 6.47. The number of thiophene rings is 1. The van der Waals surface area contributed by atoms with E-state index in [1.54, 1.807) is 0 Å². The Morgan fingerprint density at radius 2 is 1.88 bits per heavy atom. The highest BCUT2D eigenvalue weighted by molar-refractivity contribution is 7.12. The van der Waals surface area contributed by atoms with Gasteiger partial charge in [0.2, 0.25) is 0 Å². The fourth-order valence-corrected chi connectivity index (χ4v) is 2.82. The molecule has 0 aliphatic carbocycles. The standard InChI is InChI=1S/C14H17NS/c1-3-15-14(12-7-5-4-6-8-12)13-10-9-11(2)16-13/h4-10,14-15H,3H2,1-2H3. The molecule has 0 saturated heterocycles. The van der Waals surface area contributed by atoms with Gasteiger partial charge in [0.25, 0.3) is 0 Å². The normalized spacial score (nSPS) is 12.6. The van der Waals surface area contributed by atoms with Crippen LogP contribution in [0.2, 0.25) is 0 Å². The van der Waals surface area contributed by atoms with Gasteiger partial charge < -0.3 is 5.32 Å². The number of aryl methyl sites for hydroxylation is 1. The highest BCUT2D eigenvalue weighted by Crippen LogP contribution is 2.27. The lowest BCUT2D eigenvalue weighted by Gasteiger charge is -2.16. The molecule has 0 aliphatic heterocycles. The molecule has 0 saturated carbocycles. The third-order valence-electron chi connectivity index (χ3n) is 2.59. The molecule has 1 aromatic carbocycles. The first-order chi connectivity index (χ1) is 7.81. The van der Waals surface area contributed by atoms with Crippen molar-refractivity contribution >= 4 is 11.3 Å². The van der Waals surface area contributed by atoms with E-state index >= 15 is 0 Å². The third kappa shape index (κ3) is 2.52. The molecule has 1 aromatic heterocycles. The van der Waals surface area contributed by atoms with E-state index in [0.29, 0.717) is 6.04 Å². The number of rotatable bonds is 4. The van der Waals surface area contributed by atoms with E-state index in [2.05, 4.69) is 61.6 Å². The molecule has 0 aliphatic rings. The lowest BCUT2D eigenvalue weighted by Crippen LogP contribution is -2.20. The zero-order chi connectivity index (χ0) is 11.4. The number of hydrogen-bond donors (Lipinski definition) is 1. The summed E-state index contributed by atoms with van der Waals surface area (Å²) in [4.78, 5) is 2.76. The van der Waals surface area contributed by atoms with Gasteiger partial charge in [-0.1, -0.05) is 37.3 Å². The summed E-state index contributed by atoms with van der Waals surface area (Å²) in [5.74, 6) is 0. The molecule has 1 N–H and O–H groups in total. The van der Waals surface area contributed by atoms with Gasteiger partial charge in [-0.25, -0.2) is 0 Å². The van der Waals surface area contributed by atoms with Gasteiger partial charge in [-0.05, 0) is 31.2 Å². The monoisotopic (exact) mass is 231 g/mol. The molecule has 1 atom stereocenters. The van der Waals surface area contributed by atoms with Crippen LogP contribution in [0.3, 0.4) is 0 Å². The van der Waals surface area contributed by atoms with Crippen molar-refractivity contribution in [3.63, 3.8) is 0 Å². The molecular formula is C14H17NS. The van der Waals surface area contributed by atoms with Crippen LogP contribution in [0, 0.1) is 6.92 Å². The van der Waals surface area contributed by atoms with Gasteiger partial charge in [-0.15, -0.1) is 11.3 Å². The zero-order valence-electron chi connectivity index (χ0n) is 9.73. The summed E-state index contributed by atoms with van der Waals surface area (Å²) in [6, 6.07) is 15.4. The second kappa shape index (κ2) is 5.28. The van der Waals surface area contributed by atoms with E-state index in [-0.39, 0.29) is 0 Å². The molecule has 2 heteroatoms. The van der Waals surface area contributed by atoms with Crippen molar-refractivity contribution in [2.24, 2.45) is 0 Å². The van der Waals surface area contributed by atoms with E-state index in [1.165, 1.54) is 15.3 Å². The van der Waals surface area contributed by atoms with Gasteiger partial charge in [0.15, 0.2) is 0 Å². The molecular weight excluding hydrogens is 214 g/mol. The van der Waals surface area contributed by atoms with Crippen molar-refractivity contribution in [1.29, 1.82) is 0 Å². The van der Waals surface area contributed by atoms with E-state index in [9.17, 15) is 0 Å². The van der Waals surface area contributed by atoms with Gasteiger partial charge in [-0.3, -0.25) is 0 Å². The van der Waals surface area contributed by atoms with E-state index < -0.39 is 0 Å². The van der Waals surface area contributed by atoms with Gasteiger partial charge in [0.05, 0.1) is 6.04 Å². The molecule has 2 rings (SSSR count). The first kappa shape index (κ1) is 11.4. The quantitative estimate of drug-likeness (QED) is 0.845. The van der Waals surface area contributed by atoms with E-state index in [4.69, 9.17) is 0 Å². The Kier molecular flexibility index (Phi) is 3.75. The number of hydrogen-bond acceptors (Lipinski definition) is 2. The SMILES string of the molecule is CCNC(c1ccccc1)c1ccc(C)s1. The maximum absolute atomic E-state index is 3.54. The van der Waals surface area contributed by atoms with Crippen LogP contribution in [0.15, 0.2) is 42.5 Å². The average molecular weight is 231 g/mol. The maximum Gasteiger partial charge on any atom is 0.0671 e. The lowest BCUT2D eigenvalue weighted by atomic mass is 10.1. The van der Waals surface area contributed by atoms with Crippen molar-refractivity contribution in [3.8, 4) is 0 Å². The van der Waals surface area contributed by atoms with Gasteiger partial charge in [0, 0.05) is 9.75 Å². The highest BCUT2D eigenvalue weighted by atomic mass is 32.1. The molecule has 0 bridgehead atoms. The Hall–Kier alpha value is -1.12. The summed E-state index contributed by atoms with van der Waals surface area (Å²) < 4.78 is 0. The first-order valence-electron chi connectivity index (χ1n) is 5.66. The molecule has 0 amide bonds. The molecule has 1 heterocycles. The largest absolute Gasteiger partial charge is 0.306 e. The maximum atomic E-state index is 3.54. The zero-order valence-corrected chi connectivity index (χ0v) is 10.6. The van der Waals surface area contributed by atoms with E-state index in [0.717, 1.165) is 6.54 Å². The summed E-state index contributed by atoms with van der Waals surface area (Å²) >= 11 is 1.87. The van der Waals surface area contributed by atoms with Crippen molar-refractivity contribution in [1.82, 2.24) is 5.32 Å². The van der Waals surface area contributed by atoms with Crippen molar-refractivity contribution in [2.45, 2.75) is 19.9 Å². The van der Waals surface area contributed by atoms with Crippen molar-refractivity contribution < 1.29 is 0 Å². The summed E-state index contributed by atoms with van der Waals surface area (Å²) in [5.41, 5.74) is 1.34. The molecule has 0 radical (unpaired) electrons. The van der Waals surface area contributed by atoms with Crippen LogP contribution in [0.5, 0.6) is 0 Å². The second-order valence-electron chi connectivity index (χ2n) is 3.85. The summed E-state index contributed by atoms with van der Waals surface area (Å²) in [7, 11) is 0. The van der Waals surface area contributed by atoms with Crippen LogP contribution in [-0.4, -0.2) is 6.54 Å². The van der Waals surface area contributed by atoms with Gasteiger partial charge in [-0.2, -0.15) is 0 Å². The summed E-state index contributed by atoms with van der Waals surface area (Å²) in [6.45, 7) is 5.29. The fourth-order valence-electron chi connectivity index (χ4n) is 1.84. The molecule has 2 aromatic rings. The minimum atomic E-state index is 0.338. The average Bonchev–Trinajstić information content (AvgIpc) is 2.74. The minimum absolute atomic E-state index is 0.338. The van der Waals surface area contributed by atoms with Crippen LogP contribution in [0.25, 0.3) is 0 Å². The van der Waals surface area contributed by atoms with Crippen LogP contribution in [0.1, 0.15) is 28.3 Å². The van der Waals surface area contributed by atoms with Gasteiger partial charge >= 0.3 is 0 Å². The summed E-state index contributed by atoms with van der Waals surface area (Å²) in [6.07, 6.45) is 0. The van der Waals surface area contributed by atoms with Crippen LogP contribution in [0.4, 0.5) is 0 Å². The molecule has 1 unspecified atom stereocenters. The molecule has 0 fully saturated rings. The lowest BCUT2D eigenvalue weighted by molar-refractivity contribution is 0.640. The highest BCUT2D eigenvalue weighted by Gasteiger charge is 2.13. The molecule has 1 nitrogen and oxygen atoms in total. The Morgan fingerprint density at radius 1 is 1.12 bits per heavy atom. The van der Waals surface area contributed by atoms with Crippen molar-refractivity contribution in [3.05, 3.63) is 57.8 Å². The predicted octanol–water partition coefficient (Wildman–Crippen LogP) is 3.76. The van der Waals surface area contributed by atoms with Crippen LogP contribution < -0.4 is 5.32 Å². The van der Waals surface area contributed by atoms with E-state index in [1.807, 2.05) is 11.3 Å². The Bertz CT molecular complexity index is 433. The molecule has 0 spiro atoms. The second-order valence-corrected chi connectivity index (χ2v) is 5.17. The Balaban J connectivity index is 2.31. The minimum Gasteiger partial charge on any atom is -0.306 e. The Labute approximate surface area is 101 Å². The van der Waals surface area contributed by atoms with Crippen LogP contribution >= 0.6 is 11.3 Å². The smallest absolute Gasteiger partial charge is 0.0671 e. The number of benzene rings is 1. The fraction of sp³-hybridized carbons (Fsp3) is 0.286. The molecule has 16 heavy (non-hydrogen) atoms. The number of nitrogens with one attached hydrogen (secondary N) is 1. The van der Waals surface area contributed by atoms with Crippen molar-refractivity contribution in [2.75, 3.05) is 6.54 Å². The topological polar surface area (TPSA) is 12.0 Å². The third-order valence-corrected chi connectivity index (χ3v) is 3.65. The Morgan fingerprint density at radius 3 is 2.44 bits per heavy atom. The summed E-state index contributed by atoms with van der Waals surface area (Å²) in [5, 5.41) is 3.54.